The average molecular weight is 494 g/mol. The van der Waals surface area contributed by atoms with E-state index in [1.54, 1.807) is 7.11 Å². The zero-order chi connectivity index (χ0) is 19.1. The number of nitrogens with zero attached hydrogens (tertiary/aromatic N) is 2. The second kappa shape index (κ2) is 11.3. The van der Waals surface area contributed by atoms with E-state index in [9.17, 15) is 0 Å². The predicted octanol–water partition coefficient (Wildman–Crippen LogP) is 4.61. The van der Waals surface area contributed by atoms with Gasteiger partial charge < -0.3 is 15.8 Å². The topological polar surface area (TPSA) is 62.9 Å². The molecule has 5 nitrogen and oxygen atoms in total. The standard InChI is InChI=1S/C22H30N4O.HI/c1-17-6-3-4-13-26(17)16-19-11-9-18(10-12-19)15-24-22(23)25-20-7-5-8-21(14-20)27-2;/h5,7-12,14,17H,3-4,6,13,15-16H2,1-2H3,(H3,23,24,25);1H. The summed E-state index contributed by atoms with van der Waals surface area (Å²) in [5.41, 5.74) is 9.38. The monoisotopic (exact) mass is 494 g/mol. The normalized spacial score (nSPS) is 17.6. The van der Waals surface area contributed by atoms with Crippen LogP contribution in [0.3, 0.4) is 0 Å². The Morgan fingerprint density at radius 2 is 1.93 bits per heavy atom. The van der Waals surface area contributed by atoms with Crippen LogP contribution in [0.2, 0.25) is 0 Å². The van der Waals surface area contributed by atoms with Gasteiger partial charge in [0, 0.05) is 24.3 Å². The van der Waals surface area contributed by atoms with Crippen LogP contribution in [0.4, 0.5) is 5.69 Å². The lowest BCUT2D eigenvalue weighted by Crippen LogP contribution is -2.36. The number of nitrogens with two attached hydrogens (primary N) is 1. The molecule has 0 spiro atoms. The van der Waals surface area contributed by atoms with Gasteiger partial charge in [-0.1, -0.05) is 36.8 Å². The SMILES string of the molecule is COc1cccc(NC(N)=NCc2ccc(CN3CCCCC3C)cc2)c1.I. The Morgan fingerprint density at radius 1 is 1.18 bits per heavy atom. The second-order valence-electron chi connectivity index (χ2n) is 7.19. The summed E-state index contributed by atoms with van der Waals surface area (Å²) in [6, 6.07) is 17.0. The Morgan fingerprint density at radius 3 is 2.64 bits per heavy atom. The van der Waals surface area contributed by atoms with Gasteiger partial charge >= 0.3 is 0 Å². The van der Waals surface area contributed by atoms with E-state index in [0.717, 1.165) is 23.5 Å². The minimum absolute atomic E-state index is 0. The molecular weight excluding hydrogens is 463 g/mol. The van der Waals surface area contributed by atoms with E-state index in [1.807, 2.05) is 24.3 Å². The molecule has 0 amide bonds. The molecule has 3 N–H and O–H groups in total. The van der Waals surface area contributed by atoms with E-state index in [-0.39, 0.29) is 24.0 Å². The van der Waals surface area contributed by atoms with Crippen LogP contribution in [-0.2, 0) is 13.1 Å². The largest absolute Gasteiger partial charge is 0.497 e. The number of halogens is 1. The molecule has 0 saturated carbocycles. The molecule has 0 radical (unpaired) electrons. The molecule has 1 unspecified atom stereocenters. The Bertz CT molecular complexity index is 763. The maximum absolute atomic E-state index is 6.01. The van der Waals surface area contributed by atoms with E-state index in [4.69, 9.17) is 10.5 Å². The lowest BCUT2D eigenvalue weighted by atomic mass is 10.0. The fourth-order valence-corrected chi connectivity index (χ4v) is 3.44. The molecule has 0 aromatic heterocycles. The van der Waals surface area contributed by atoms with E-state index in [2.05, 4.69) is 46.4 Å². The highest BCUT2D eigenvalue weighted by atomic mass is 127. The number of piperidine rings is 1. The zero-order valence-corrected chi connectivity index (χ0v) is 19.1. The molecule has 1 heterocycles. The van der Waals surface area contributed by atoms with E-state index in [1.165, 1.54) is 31.4 Å². The summed E-state index contributed by atoms with van der Waals surface area (Å²) in [6.45, 7) is 5.13. The number of rotatable bonds is 6. The molecule has 28 heavy (non-hydrogen) atoms. The third kappa shape index (κ3) is 6.67. The summed E-state index contributed by atoms with van der Waals surface area (Å²) in [5.74, 6) is 1.18. The van der Waals surface area contributed by atoms with Crippen molar-refractivity contribution in [1.29, 1.82) is 0 Å². The van der Waals surface area contributed by atoms with Crippen LogP contribution in [0.15, 0.2) is 53.5 Å². The number of hydrogen-bond acceptors (Lipinski definition) is 3. The Labute approximate surface area is 185 Å². The summed E-state index contributed by atoms with van der Waals surface area (Å²) in [4.78, 5) is 7.01. The van der Waals surface area contributed by atoms with Gasteiger partial charge in [-0.2, -0.15) is 0 Å². The minimum atomic E-state index is 0. The maximum Gasteiger partial charge on any atom is 0.193 e. The van der Waals surface area contributed by atoms with Crippen LogP contribution in [-0.4, -0.2) is 30.6 Å². The first-order chi connectivity index (χ1) is 13.1. The van der Waals surface area contributed by atoms with Gasteiger partial charge in [-0.25, -0.2) is 4.99 Å². The van der Waals surface area contributed by atoms with Crippen molar-refractivity contribution in [3.8, 4) is 5.75 Å². The van der Waals surface area contributed by atoms with Gasteiger partial charge in [0.05, 0.1) is 13.7 Å². The number of ether oxygens (including phenoxy) is 1. The van der Waals surface area contributed by atoms with Crippen molar-refractivity contribution in [3.05, 3.63) is 59.7 Å². The molecule has 3 rings (SSSR count). The molecule has 1 saturated heterocycles. The van der Waals surface area contributed by atoms with Crippen molar-refractivity contribution in [3.63, 3.8) is 0 Å². The third-order valence-corrected chi connectivity index (χ3v) is 5.12. The van der Waals surface area contributed by atoms with Gasteiger partial charge in [0.25, 0.3) is 0 Å². The Kier molecular flexibility index (Phi) is 9.05. The fourth-order valence-electron chi connectivity index (χ4n) is 3.44. The summed E-state index contributed by atoms with van der Waals surface area (Å²) in [5, 5.41) is 3.10. The number of anilines is 1. The first-order valence-electron chi connectivity index (χ1n) is 9.67. The van der Waals surface area contributed by atoms with Crippen LogP contribution in [0, 0.1) is 0 Å². The minimum Gasteiger partial charge on any atom is -0.497 e. The van der Waals surface area contributed by atoms with E-state index < -0.39 is 0 Å². The van der Waals surface area contributed by atoms with Crippen LogP contribution in [0.25, 0.3) is 0 Å². The molecule has 0 bridgehead atoms. The number of nitrogens with one attached hydrogen (secondary N) is 1. The molecule has 1 aliphatic heterocycles. The summed E-state index contributed by atoms with van der Waals surface area (Å²) < 4.78 is 5.21. The summed E-state index contributed by atoms with van der Waals surface area (Å²) in [7, 11) is 1.64. The third-order valence-electron chi connectivity index (χ3n) is 5.12. The quantitative estimate of drug-likeness (QED) is 0.350. The van der Waals surface area contributed by atoms with Gasteiger partial charge in [0.1, 0.15) is 5.75 Å². The smallest absolute Gasteiger partial charge is 0.193 e. The van der Waals surface area contributed by atoms with E-state index in [0.29, 0.717) is 18.5 Å². The van der Waals surface area contributed by atoms with Gasteiger partial charge in [0.15, 0.2) is 5.96 Å². The summed E-state index contributed by atoms with van der Waals surface area (Å²) >= 11 is 0. The Balaban J connectivity index is 0.00000280. The average Bonchev–Trinajstić information content (AvgIpc) is 2.69. The highest BCUT2D eigenvalue weighted by molar-refractivity contribution is 14.0. The predicted molar refractivity (Wildman–Crippen MR) is 128 cm³/mol. The van der Waals surface area contributed by atoms with Gasteiger partial charge in [-0.3, -0.25) is 4.90 Å². The zero-order valence-electron chi connectivity index (χ0n) is 16.7. The second-order valence-corrected chi connectivity index (χ2v) is 7.19. The number of likely N-dealkylation sites (tertiary alicyclic amines) is 1. The lowest BCUT2D eigenvalue weighted by Gasteiger charge is -2.33. The molecule has 152 valence electrons. The fraction of sp³-hybridized carbons (Fsp3) is 0.409. The number of methoxy groups -OCH3 is 1. The molecule has 0 aliphatic carbocycles. The van der Waals surface area contributed by atoms with Crippen LogP contribution in [0.5, 0.6) is 5.75 Å². The molecule has 2 aromatic rings. The van der Waals surface area contributed by atoms with Crippen molar-refractivity contribution >= 4 is 35.6 Å². The van der Waals surface area contributed by atoms with Crippen molar-refractivity contribution in [2.24, 2.45) is 10.7 Å². The highest BCUT2D eigenvalue weighted by Crippen LogP contribution is 2.19. The van der Waals surface area contributed by atoms with Crippen molar-refractivity contribution in [1.82, 2.24) is 4.90 Å². The molecule has 1 aliphatic rings. The molecule has 2 aromatic carbocycles. The van der Waals surface area contributed by atoms with E-state index >= 15 is 0 Å². The van der Waals surface area contributed by atoms with Crippen molar-refractivity contribution in [2.75, 3.05) is 19.0 Å². The molecule has 1 fully saturated rings. The van der Waals surface area contributed by atoms with Crippen molar-refractivity contribution in [2.45, 2.75) is 45.3 Å². The number of guanidine groups is 1. The van der Waals surface area contributed by atoms with Gasteiger partial charge in [-0.05, 0) is 49.6 Å². The number of aliphatic imine (C=N–C) groups is 1. The van der Waals surface area contributed by atoms with Crippen LogP contribution >= 0.6 is 24.0 Å². The van der Waals surface area contributed by atoms with Gasteiger partial charge in [-0.15, -0.1) is 24.0 Å². The van der Waals surface area contributed by atoms with Crippen molar-refractivity contribution < 1.29 is 4.74 Å². The maximum atomic E-state index is 6.01. The van der Waals surface area contributed by atoms with Crippen LogP contribution < -0.4 is 15.8 Å². The molecule has 1 atom stereocenters. The summed E-state index contributed by atoms with van der Waals surface area (Å²) in [6.07, 6.45) is 3.99. The highest BCUT2D eigenvalue weighted by Gasteiger charge is 2.17. The Hall–Kier alpha value is -1.80. The lowest BCUT2D eigenvalue weighted by molar-refractivity contribution is 0.152. The van der Waals surface area contributed by atoms with Crippen LogP contribution in [0.1, 0.15) is 37.3 Å². The number of benzene rings is 2. The first-order valence-corrected chi connectivity index (χ1v) is 9.67. The number of hydrogen-bond donors (Lipinski definition) is 2. The first kappa shape index (κ1) is 22.5. The molecule has 6 heteroatoms. The molecular formula is C22H31IN4O. The van der Waals surface area contributed by atoms with Gasteiger partial charge in [0.2, 0.25) is 0 Å².